The second-order valence-electron chi connectivity index (χ2n) is 7.90. The minimum atomic E-state index is -0.214. The van der Waals surface area contributed by atoms with Gasteiger partial charge in [-0.25, -0.2) is 0 Å². The maximum Gasteiger partial charge on any atom is 0.255 e. The summed E-state index contributed by atoms with van der Waals surface area (Å²) in [4.78, 5) is 15.3. The number of nitrogens with zero attached hydrogens (tertiary/aromatic N) is 3. The van der Waals surface area contributed by atoms with E-state index in [9.17, 15) is 4.79 Å². The predicted molar refractivity (Wildman–Crippen MR) is 134 cm³/mol. The number of rotatable bonds is 5. The number of fused-ring (bicyclic) bond motifs is 1. The number of aromatic nitrogens is 2. The fourth-order valence-electron chi connectivity index (χ4n) is 4.10. The van der Waals surface area contributed by atoms with E-state index in [1.165, 1.54) is 0 Å². The SMILES string of the molecule is COc1nnc(-c2ccc(N3CCOCC3)c(NC(=O)c3ccc(Cl)cc3)c2)c2ccccc12. The summed E-state index contributed by atoms with van der Waals surface area (Å²) in [6, 6.07) is 20.6. The van der Waals surface area contributed by atoms with Crippen molar-refractivity contribution in [3.63, 3.8) is 0 Å². The predicted octanol–water partition coefficient (Wildman–Crippen LogP) is 5.05. The first-order valence-corrected chi connectivity index (χ1v) is 11.4. The van der Waals surface area contributed by atoms with Crippen LogP contribution in [0.25, 0.3) is 22.0 Å². The molecule has 5 rings (SSSR count). The van der Waals surface area contributed by atoms with Gasteiger partial charge < -0.3 is 19.7 Å². The molecule has 1 aliphatic heterocycles. The molecule has 8 heteroatoms. The van der Waals surface area contributed by atoms with Gasteiger partial charge in [0.05, 0.1) is 31.7 Å². The molecule has 172 valence electrons. The number of methoxy groups -OCH3 is 1. The minimum Gasteiger partial charge on any atom is -0.479 e. The van der Waals surface area contributed by atoms with Crippen LogP contribution in [-0.2, 0) is 4.74 Å². The van der Waals surface area contributed by atoms with Gasteiger partial charge in [0, 0.05) is 40.0 Å². The lowest BCUT2D eigenvalue weighted by atomic mass is 10.0. The van der Waals surface area contributed by atoms with Crippen molar-refractivity contribution in [1.29, 1.82) is 0 Å². The molecular weight excluding hydrogens is 452 g/mol. The van der Waals surface area contributed by atoms with E-state index in [4.69, 9.17) is 21.1 Å². The van der Waals surface area contributed by atoms with E-state index >= 15 is 0 Å². The van der Waals surface area contributed by atoms with E-state index in [0.29, 0.717) is 41.1 Å². The molecule has 3 aromatic carbocycles. The topological polar surface area (TPSA) is 76.6 Å². The molecule has 1 saturated heterocycles. The molecule has 0 bridgehead atoms. The van der Waals surface area contributed by atoms with Crippen LogP contribution in [0.2, 0.25) is 5.02 Å². The molecule has 1 fully saturated rings. The number of morpholine rings is 1. The smallest absolute Gasteiger partial charge is 0.255 e. The molecule has 1 amide bonds. The van der Waals surface area contributed by atoms with Crippen LogP contribution in [0.3, 0.4) is 0 Å². The van der Waals surface area contributed by atoms with Gasteiger partial charge in [-0.3, -0.25) is 4.79 Å². The first kappa shape index (κ1) is 22.1. The van der Waals surface area contributed by atoms with Crippen LogP contribution < -0.4 is 15.0 Å². The van der Waals surface area contributed by atoms with Gasteiger partial charge in [0.25, 0.3) is 5.91 Å². The number of hydrogen-bond donors (Lipinski definition) is 1. The Morgan fingerprint density at radius 1 is 1.00 bits per heavy atom. The molecule has 1 aliphatic rings. The van der Waals surface area contributed by atoms with E-state index in [0.717, 1.165) is 35.1 Å². The maximum atomic E-state index is 13.1. The Morgan fingerprint density at radius 3 is 2.47 bits per heavy atom. The highest BCUT2D eigenvalue weighted by molar-refractivity contribution is 6.30. The maximum absolute atomic E-state index is 13.1. The monoisotopic (exact) mass is 474 g/mol. The van der Waals surface area contributed by atoms with Gasteiger partial charge >= 0.3 is 0 Å². The number of benzene rings is 3. The van der Waals surface area contributed by atoms with Crippen LogP contribution in [-0.4, -0.2) is 49.5 Å². The number of ether oxygens (including phenoxy) is 2. The van der Waals surface area contributed by atoms with Crippen molar-refractivity contribution < 1.29 is 14.3 Å². The van der Waals surface area contributed by atoms with Crippen molar-refractivity contribution in [2.24, 2.45) is 0 Å². The van der Waals surface area contributed by atoms with Crippen molar-refractivity contribution in [1.82, 2.24) is 10.2 Å². The Bertz CT molecular complexity index is 1340. The molecule has 0 saturated carbocycles. The number of halogens is 1. The summed E-state index contributed by atoms with van der Waals surface area (Å²) in [5, 5.41) is 14.2. The molecule has 1 aromatic heterocycles. The number of carbonyl (C=O) groups excluding carboxylic acids is 1. The summed E-state index contributed by atoms with van der Waals surface area (Å²) in [7, 11) is 1.58. The van der Waals surface area contributed by atoms with Gasteiger partial charge in [-0.1, -0.05) is 35.9 Å². The Labute approximate surface area is 202 Å². The van der Waals surface area contributed by atoms with Crippen molar-refractivity contribution in [2.75, 3.05) is 43.6 Å². The molecule has 34 heavy (non-hydrogen) atoms. The van der Waals surface area contributed by atoms with Crippen molar-refractivity contribution >= 4 is 39.7 Å². The first-order chi connectivity index (χ1) is 16.6. The van der Waals surface area contributed by atoms with E-state index in [-0.39, 0.29) is 5.91 Å². The molecular formula is C26H23ClN4O3. The Hall–Kier alpha value is -3.68. The molecule has 7 nitrogen and oxygen atoms in total. The number of amides is 1. The zero-order valence-electron chi connectivity index (χ0n) is 18.6. The molecule has 0 atom stereocenters. The molecule has 0 aliphatic carbocycles. The van der Waals surface area contributed by atoms with E-state index < -0.39 is 0 Å². The van der Waals surface area contributed by atoms with Gasteiger partial charge in [0.15, 0.2) is 0 Å². The summed E-state index contributed by atoms with van der Waals surface area (Å²) in [5.41, 5.74) is 3.71. The zero-order chi connectivity index (χ0) is 23.5. The standard InChI is InChI=1S/C26H23ClN4O3/c1-33-26-21-5-3-2-4-20(21)24(29-30-26)18-8-11-23(31-12-14-34-15-13-31)22(16-18)28-25(32)17-6-9-19(27)10-7-17/h2-11,16H,12-15H2,1H3,(H,28,32). The molecule has 0 radical (unpaired) electrons. The zero-order valence-corrected chi connectivity index (χ0v) is 19.4. The third-order valence-corrected chi connectivity index (χ3v) is 6.08. The first-order valence-electron chi connectivity index (χ1n) is 11.0. The lowest BCUT2D eigenvalue weighted by molar-refractivity contribution is 0.102. The van der Waals surface area contributed by atoms with Crippen LogP contribution in [0.1, 0.15) is 10.4 Å². The van der Waals surface area contributed by atoms with Gasteiger partial charge in [-0.15, -0.1) is 10.2 Å². The molecule has 1 N–H and O–H groups in total. The van der Waals surface area contributed by atoms with Crippen molar-refractivity contribution in [3.8, 4) is 17.1 Å². The molecule has 0 spiro atoms. The number of nitrogens with one attached hydrogen (secondary N) is 1. The summed E-state index contributed by atoms with van der Waals surface area (Å²) >= 11 is 5.99. The Kier molecular flexibility index (Phi) is 6.29. The summed E-state index contributed by atoms with van der Waals surface area (Å²) in [6.07, 6.45) is 0. The van der Waals surface area contributed by atoms with Crippen LogP contribution in [0, 0.1) is 0 Å². The van der Waals surface area contributed by atoms with E-state index in [1.807, 2.05) is 42.5 Å². The summed E-state index contributed by atoms with van der Waals surface area (Å²) < 4.78 is 10.9. The second-order valence-corrected chi connectivity index (χ2v) is 8.33. The van der Waals surface area contributed by atoms with Gasteiger partial charge in [0.2, 0.25) is 5.88 Å². The van der Waals surface area contributed by atoms with Crippen LogP contribution >= 0.6 is 11.6 Å². The normalized spacial score (nSPS) is 13.6. The highest BCUT2D eigenvalue weighted by atomic mass is 35.5. The number of carbonyl (C=O) groups is 1. The number of hydrogen-bond acceptors (Lipinski definition) is 6. The van der Waals surface area contributed by atoms with Gasteiger partial charge in [-0.2, -0.15) is 0 Å². The average Bonchev–Trinajstić information content (AvgIpc) is 2.89. The van der Waals surface area contributed by atoms with Crippen molar-refractivity contribution in [2.45, 2.75) is 0 Å². The Balaban J connectivity index is 1.58. The van der Waals surface area contributed by atoms with E-state index in [2.05, 4.69) is 20.4 Å². The fourth-order valence-corrected chi connectivity index (χ4v) is 4.23. The third kappa shape index (κ3) is 4.40. The lowest BCUT2D eigenvalue weighted by Gasteiger charge is -2.31. The number of anilines is 2. The molecule has 4 aromatic rings. The Morgan fingerprint density at radius 2 is 1.74 bits per heavy atom. The van der Waals surface area contributed by atoms with Crippen LogP contribution in [0.15, 0.2) is 66.7 Å². The molecule has 0 unspecified atom stereocenters. The van der Waals surface area contributed by atoms with E-state index in [1.54, 1.807) is 31.4 Å². The van der Waals surface area contributed by atoms with Crippen molar-refractivity contribution in [3.05, 3.63) is 77.3 Å². The second kappa shape index (κ2) is 9.67. The lowest BCUT2D eigenvalue weighted by Crippen LogP contribution is -2.36. The largest absolute Gasteiger partial charge is 0.479 e. The minimum absolute atomic E-state index is 0.214. The highest BCUT2D eigenvalue weighted by Crippen LogP contribution is 2.36. The van der Waals surface area contributed by atoms with Gasteiger partial charge in [-0.05, 0) is 42.5 Å². The summed E-state index contributed by atoms with van der Waals surface area (Å²) in [5.74, 6) is 0.259. The quantitative estimate of drug-likeness (QED) is 0.436. The molecule has 2 heterocycles. The third-order valence-electron chi connectivity index (χ3n) is 5.82. The van der Waals surface area contributed by atoms with Crippen LogP contribution in [0.4, 0.5) is 11.4 Å². The van der Waals surface area contributed by atoms with Crippen LogP contribution in [0.5, 0.6) is 5.88 Å². The fraction of sp³-hybridized carbons (Fsp3) is 0.192. The summed E-state index contributed by atoms with van der Waals surface area (Å²) in [6.45, 7) is 2.77. The highest BCUT2D eigenvalue weighted by Gasteiger charge is 2.19. The van der Waals surface area contributed by atoms with Gasteiger partial charge in [0.1, 0.15) is 5.69 Å². The average molecular weight is 475 g/mol.